The Labute approximate surface area is 138 Å². The van der Waals surface area contributed by atoms with Crippen LogP contribution in [0.15, 0.2) is 24.4 Å². The molecule has 4 rings (SSSR count). The number of nitrogens with one attached hydrogen (secondary N) is 1. The number of fused-ring (bicyclic) bond motifs is 1. The van der Waals surface area contributed by atoms with Crippen molar-refractivity contribution in [3.63, 3.8) is 0 Å². The fourth-order valence-corrected chi connectivity index (χ4v) is 2.97. The molecule has 0 radical (unpaired) electrons. The van der Waals surface area contributed by atoms with Crippen LogP contribution in [0.2, 0.25) is 0 Å². The fourth-order valence-electron chi connectivity index (χ4n) is 2.97. The summed E-state index contributed by atoms with van der Waals surface area (Å²) in [5.74, 6) is 1.16. The van der Waals surface area contributed by atoms with Gasteiger partial charge in [0, 0.05) is 19.1 Å². The van der Waals surface area contributed by atoms with Crippen molar-refractivity contribution in [2.24, 2.45) is 5.92 Å². The Kier molecular flexibility index (Phi) is 3.81. The highest BCUT2D eigenvalue weighted by Gasteiger charge is 2.31. The lowest BCUT2D eigenvalue weighted by Crippen LogP contribution is -2.37. The van der Waals surface area contributed by atoms with Gasteiger partial charge >= 0.3 is 0 Å². The smallest absolute Gasteiger partial charge is 0.258 e. The molecule has 1 aromatic heterocycles. The van der Waals surface area contributed by atoms with Crippen LogP contribution in [0.25, 0.3) is 0 Å². The maximum absolute atomic E-state index is 12.3. The van der Waals surface area contributed by atoms with Crippen molar-refractivity contribution >= 4 is 5.91 Å². The third kappa shape index (κ3) is 2.69. The third-order valence-electron chi connectivity index (χ3n) is 4.24. The van der Waals surface area contributed by atoms with Gasteiger partial charge in [-0.05, 0) is 18.6 Å². The van der Waals surface area contributed by atoms with Gasteiger partial charge in [0.1, 0.15) is 5.69 Å². The molecule has 2 unspecified atom stereocenters. The monoisotopic (exact) mass is 330 g/mol. The number of para-hydroxylation sites is 1. The fraction of sp³-hybridized carbons (Fsp3) is 0.438. The zero-order valence-electron chi connectivity index (χ0n) is 13.3. The first kappa shape index (κ1) is 14.9. The maximum Gasteiger partial charge on any atom is 0.258 e. The molecular formula is C16H18N4O4. The van der Waals surface area contributed by atoms with Gasteiger partial charge in [-0.1, -0.05) is 11.3 Å². The van der Waals surface area contributed by atoms with E-state index in [4.69, 9.17) is 14.2 Å². The topological polar surface area (TPSA) is 87.5 Å². The van der Waals surface area contributed by atoms with Crippen molar-refractivity contribution in [3.05, 3.63) is 35.7 Å². The second-order valence-electron chi connectivity index (χ2n) is 5.90. The van der Waals surface area contributed by atoms with Crippen LogP contribution in [-0.2, 0) is 11.3 Å². The van der Waals surface area contributed by atoms with Crippen molar-refractivity contribution in [2.75, 3.05) is 20.3 Å². The van der Waals surface area contributed by atoms with Gasteiger partial charge in [-0.2, -0.15) is 0 Å². The number of hydrogen-bond acceptors (Lipinski definition) is 6. The number of benzene rings is 1. The number of hydrogen-bond donors (Lipinski definition) is 1. The molecular weight excluding hydrogens is 312 g/mol. The number of methoxy groups -OCH3 is 1. The van der Waals surface area contributed by atoms with Crippen molar-refractivity contribution in [1.29, 1.82) is 0 Å². The first-order valence-electron chi connectivity index (χ1n) is 7.87. The lowest BCUT2D eigenvalue weighted by atomic mass is 10.1. The summed E-state index contributed by atoms with van der Waals surface area (Å²) >= 11 is 0. The normalized spacial score (nSPS) is 22.6. The minimum absolute atomic E-state index is 0.223. The van der Waals surface area contributed by atoms with Crippen molar-refractivity contribution < 1.29 is 19.0 Å². The van der Waals surface area contributed by atoms with Crippen LogP contribution in [0.3, 0.4) is 0 Å². The lowest BCUT2D eigenvalue weighted by Gasteiger charge is -2.26. The highest BCUT2D eigenvalue weighted by atomic mass is 16.5. The second kappa shape index (κ2) is 6.12. The second-order valence-corrected chi connectivity index (χ2v) is 5.90. The molecule has 8 nitrogen and oxygen atoms in total. The van der Waals surface area contributed by atoms with Gasteiger partial charge in [0.15, 0.2) is 11.5 Å². The zero-order valence-corrected chi connectivity index (χ0v) is 13.3. The van der Waals surface area contributed by atoms with Crippen LogP contribution in [0.1, 0.15) is 28.7 Å². The first-order valence-corrected chi connectivity index (χ1v) is 7.87. The number of amides is 1. The molecule has 8 heteroatoms. The van der Waals surface area contributed by atoms with Crippen LogP contribution in [0.5, 0.6) is 11.5 Å². The Hall–Kier alpha value is -2.61. The average molecular weight is 330 g/mol. The number of carbonyl (C=O) groups is 1. The number of aromatic nitrogens is 3. The van der Waals surface area contributed by atoms with Gasteiger partial charge in [0.2, 0.25) is 6.23 Å². The molecule has 0 aliphatic carbocycles. The quantitative estimate of drug-likeness (QED) is 0.905. The van der Waals surface area contributed by atoms with Gasteiger partial charge in [-0.15, -0.1) is 5.10 Å². The highest BCUT2D eigenvalue weighted by molar-refractivity contribution is 5.98. The molecule has 0 spiro atoms. The maximum atomic E-state index is 12.3. The lowest BCUT2D eigenvalue weighted by molar-refractivity contribution is 0.0737. The van der Waals surface area contributed by atoms with Crippen LogP contribution in [0, 0.1) is 5.92 Å². The molecule has 2 aromatic rings. The Morgan fingerprint density at radius 1 is 1.46 bits per heavy atom. The molecule has 0 saturated carbocycles. The van der Waals surface area contributed by atoms with Crippen LogP contribution >= 0.6 is 0 Å². The van der Waals surface area contributed by atoms with Crippen molar-refractivity contribution in [1.82, 2.24) is 20.3 Å². The molecule has 24 heavy (non-hydrogen) atoms. The molecule has 126 valence electrons. The van der Waals surface area contributed by atoms with E-state index in [0.29, 0.717) is 28.7 Å². The predicted octanol–water partition coefficient (Wildman–Crippen LogP) is 1.14. The minimum atomic E-state index is -0.685. The Morgan fingerprint density at radius 3 is 3.17 bits per heavy atom. The van der Waals surface area contributed by atoms with E-state index in [1.807, 2.05) is 0 Å². The Bertz CT molecular complexity index is 754. The standard InChI is InChI=1S/C16H18N4O4/c1-22-13-4-2-3-11-14(13)24-16(17-15(11)21)12-8-20(19-18-12)7-10-5-6-23-9-10/h2-4,8,10,16H,5-7,9H2,1H3,(H,17,21). The molecule has 1 amide bonds. The first-order chi connectivity index (χ1) is 11.7. The van der Waals surface area contributed by atoms with Crippen molar-refractivity contribution in [2.45, 2.75) is 19.2 Å². The van der Waals surface area contributed by atoms with E-state index < -0.39 is 6.23 Å². The molecule has 1 N–H and O–H groups in total. The molecule has 2 aliphatic heterocycles. The highest BCUT2D eigenvalue weighted by Crippen LogP contribution is 2.36. The number of nitrogens with zero attached hydrogens (tertiary/aromatic N) is 3. The molecule has 1 saturated heterocycles. The van der Waals surface area contributed by atoms with E-state index in [-0.39, 0.29) is 5.91 Å². The van der Waals surface area contributed by atoms with E-state index in [1.165, 1.54) is 0 Å². The third-order valence-corrected chi connectivity index (χ3v) is 4.24. The summed E-state index contributed by atoms with van der Waals surface area (Å²) in [4.78, 5) is 12.3. The molecule has 1 fully saturated rings. The molecule has 2 atom stereocenters. The van der Waals surface area contributed by atoms with Crippen molar-refractivity contribution in [3.8, 4) is 11.5 Å². The van der Waals surface area contributed by atoms with E-state index >= 15 is 0 Å². The van der Waals surface area contributed by atoms with Gasteiger partial charge in [0.25, 0.3) is 5.91 Å². The molecule has 3 heterocycles. The average Bonchev–Trinajstić information content (AvgIpc) is 3.27. The summed E-state index contributed by atoms with van der Waals surface area (Å²) in [5.41, 5.74) is 1.000. The number of carbonyl (C=O) groups excluding carboxylic acids is 1. The minimum Gasteiger partial charge on any atom is -0.493 e. The SMILES string of the molecule is COc1cccc2c1OC(c1cn(CC3CCOC3)nn1)NC2=O. The molecule has 0 bridgehead atoms. The molecule has 1 aromatic carbocycles. The summed E-state index contributed by atoms with van der Waals surface area (Å²) < 4.78 is 18.3. The largest absolute Gasteiger partial charge is 0.493 e. The van der Waals surface area contributed by atoms with E-state index in [9.17, 15) is 4.79 Å². The van der Waals surface area contributed by atoms with Crippen LogP contribution < -0.4 is 14.8 Å². The molecule has 2 aliphatic rings. The van der Waals surface area contributed by atoms with Gasteiger partial charge in [-0.3, -0.25) is 9.48 Å². The van der Waals surface area contributed by atoms with E-state index in [0.717, 1.165) is 26.2 Å². The number of ether oxygens (including phenoxy) is 3. The number of rotatable bonds is 4. The van der Waals surface area contributed by atoms with Crippen LogP contribution in [-0.4, -0.2) is 41.2 Å². The summed E-state index contributed by atoms with van der Waals surface area (Å²) in [6.07, 6.45) is 2.13. The Morgan fingerprint density at radius 2 is 2.38 bits per heavy atom. The van der Waals surface area contributed by atoms with E-state index in [2.05, 4.69) is 15.6 Å². The summed E-state index contributed by atoms with van der Waals surface area (Å²) in [7, 11) is 1.54. The van der Waals surface area contributed by atoms with Gasteiger partial charge < -0.3 is 19.5 Å². The van der Waals surface area contributed by atoms with Gasteiger partial charge in [0.05, 0.1) is 25.5 Å². The summed E-state index contributed by atoms with van der Waals surface area (Å²) in [6, 6.07) is 5.20. The Balaban J connectivity index is 1.55. The summed E-state index contributed by atoms with van der Waals surface area (Å²) in [5, 5.41) is 11.1. The summed E-state index contributed by atoms with van der Waals surface area (Å²) in [6.45, 7) is 2.29. The van der Waals surface area contributed by atoms with E-state index in [1.54, 1.807) is 36.2 Å². The van der Waals surface area contributed by atoms with Crippen LogP contribution in [0.4, 0.5) is 0 Å². The zero-order chi connectivity index (χ0) is 16.5. The predicted molar refractivity (Wildman–Crippen MR) is 82.8 cm³/mol. The van der Waals surface area contributed by atoms with Gasteiger partial charge in [-0.25, -0.2) is 0 Å².